The molecular formula is C18H19NO. The van der Waals surface area contributed by atoms with E-state index < -0.39 is 0 Å². The van der Waals surface area contributed by atoms with Crippen molar-refractivity contribution in [1.29, 1.82) is 0 Å². The summed E-state index contributed by atoms with van der Waals surface area (Å²) in [5.74, 6) is 3.12. The second-order valence-corrected chi connectivity index (χ2v) is 6.27. The molecule has 0 heterocycles. The summed E-state index contributed by atoms with van der Waals surface area (Å²) in [4.78, 5) is 0. The van der Waals surface area contributed by atoms with Crippen molar-refractivity contribution in [3.05, 3.63) is 59.9 Å². The molecule has 3 aliphatic rings. The van der Waals surface area contributed by atoms with Crippen LogP contribution in [-0.4, -0.2) is 0 Å². The van der Waals surface area contributed by atoms with E-state index in [1.165, 1.54) is 18.4 Å². The van der Waals surface area contributed by atoms with Gasteiger partial charge in [0.25, 0.3) is 0 Å². The van der Waals surface area contributed by atoms with Gasteiger partial charge in [0.15, 0.2) is 0 Å². The summed E-state index contributed by atoms with van der Waals surface area (Å²) >= 11 is 0. The number of aryl methyl sites for hydroxylation is 1. The number of allylic oxidation sites excluding steroid dienone is 5. The van der Waals surface area contributed by atoms with Crippen molar-refractivity contribution in [3.8, 4) is 5.75 Å². The van der Waals surface area contributed by atoms with Crippen LogP contribution in [0.3, 0.4) is 0 Å². The van der Waals surface area contributed by atoms with Crippen LogP contribution in [0.1, 0.15) is 18.4 Å². The number of nitrogen functional groups attached to an aromatic ring is 1. The molecule has 0 aliphatic heterocycles. The minimum Gasteiger partial charge on any atom is -0.459 e. The summed E-state index contributed by atoms with van der Waals surface area (Å²) in [5.41, 5.74) is 8.01. The van der Waals surface area contributed by atoms with Crippen LogP contribution in [0, 0.1) is 24.2 Å². The lowest BCUT2D eigenvalue weighted by Crippen LogP contribution is -2.28. The van der Waals surface area contributed by atoms with Crippen LogP contribution in [0.15, 0.2) is 54.3 Å². The predicted molar refractivity (Wildman–Crippen MR) is 81.2 cm³/mol. The molecule has 1 saturated carbocycles. The topological polar surface area (TPSA) is 35.2 Å². The van der Waals surface area contributed by atoms with E-state index in [-0.39, 0.29) is 5.41 Å². The smallest absolute Gasteiger partial charge is 0.150 e. The summed E-state index contributed by atoms with van der Waals surface area (Å²) in [6, 6.07) is 5.96. The summed E-state index contributed by atoms with van der Waals surface area (Å²) < 4.78 is 6.23. The quantitative estimate of drug-likeness (QED) is 0.820. The fourth-order valence-corrected chi connectivity index (χ4v) is 3.91. The number of hydrogen-bond donors (Lipinski definition) is 1. The number of nitrogens with two attached hydrogens (primary N) is 1. The van der Waals surface area contributed by atoms with Gasteiger partial charge in [-0.25, -0.2) is 0 Å². The van der Waals surface area contributed by atoms with Crippen molar-refractivity contribution in [2.45, 2.75) is 19.8 Å². The molecule has 102 valence electrons. The van der Waals surface area contributed by atoms with Gasteiger partial charge in [0.05, 0.1) is 11.1 Å². The first-order valence-corrected chi connectivity index (χ1v) is 7.30. The van der Waals surface area contributed by atoms with Crippen LogP contribution in [0.4, 0.5) is 5.69 Å². The molecule has 2 bridgehead atoms. The third-order valence-corrected chi connectivity index (χ3v) is 4.90. The first kappa shape index (κ1) is 11.8. The molecule has 0 aromatic heterocycles. The van der Waals surface area contributed by atoms with Gasteiger partial charge in [-0.3, -0.25) is 0 Å². The second-order valence-electron chi connectivity index (χ2n) is 6.27. The van der Waals surface area contributed by atoms with Crippen molar-refractivity contribution >= 4 is 5.69 Å². The SMILES string of the molecule is Cc1ccc(N)c(OC2=CC3CC4C=CC=CC24C3)c1. The Morgan fingerprint density at radius 2 is 2.20 bits per heavy atom. The Morgan fingerprint density at radius 1 is 1.30 bits per heavy atom. The molecule has 2 nitrogen and oxygen atoms in total. The Labute approximate surface area is 119 Å². The molecule has 0 saturated heterocycles. The van der Waals surface area contributed by atoms with E-state index in [1.54, 1.807) is 0 Å². The van der Waals surface area contributed by atoms with Gasteiger partial charge >= 0.3 is 0 Å². The van der Waals surface area contributed by atoms with Gasteiger partial charge in [-0.15, -0.1) is 0 Å². The molecule has 3 unspecified atom stereocenters. The van der Waals surface area contributed by atoms with Crippen molar-refractivity contribution in [3.63, 3.8) is 0 Å². The Hall–Kier alpha value is -1.96. The summed E-state index contributed by atoms with van der Waals surface area (Å²) in [6.07, 6.45) is 13.7. The highest BCUT2D eigenvalue weighted by atomic mass is 16.5. The highest BCUT2D eigenvalue weighted by Crippen LogP contribution is 2.60. The molecule has 1 fully saturated rings. The molecule has 0 amide bonds. The fourth-order valence-electron chi connectivity index (χ4n) is 3.91. The van der Waals surface area contributed by atoms with Gasteiger partial charge in [-0.2, -0.15) is 0 Å². The molecule has 4 rings (SSSR count). The zero-order valence-corrected chi connectivity index (χ0v) is 11.7. The zero-order chi connectivity index (χ0) is 13.7. The number of hydrogen-bond acceptors (Lipinski definition) is 2. The lowest BCUT2D eigenvalue weighted by Gasteiger charge is -2.34. The van der Waals surface area contributed by atoms with Gasteiger partial charge in [0.2, 0.25) is 0 Å². The standard InChI is InChI=1S/C18H19NO/c1-12-5-6-15(19)16(8-12)20-17-10-13-9-14-4-2-3-7-18(14,17)11-13/h2-8,10,13-14H,9,11,19H2,1H3. The molecule has 3 atom stereocenters. The first-order chi connectivity index (χ1) is 9.67. The highest BCUT2D eigenvalue weighted by molar-refractivity contribution is 5.55. The van der Waals surface area contributed by atoms with E-state index in [1.807, 2.05) is 18.2 Å². The molecule has 1 aromatic carbocycles. The van der Waals surface area contributed by atoms with Crippen molar-refractivity contribution in [1.82, 2.24) is 0 Å². The van der Waals surface area contributed by atoms with Crippen LogP contribution < -0.4 is 10.5 Å². The molecule has 1 aromatic rings. The second kappa shape index (κ2) is 4.02. The normalized spacial score (nSPS) is 33.1. The molecule has 2 N–H and O–H groups in total. The lowest BCUT2D eigenvalue weighted by atomic mass is 9.74. The van der Waals surface area contributed by atoms with E-state index in [4.69, 9.17) is 10.5 Å². The van der Waals surface area contributed by atoms with Crippen molar-refractivity contribution in [2.75, 3.05) is 5.73 Å². The Bertz CT molecular complexity index is 655. The summed E-state index contributed by atoms with van der Waals surface area (Å²) in [5, 5.41) is 0. The number of fused-ring (bicyclic) bond motifs is 1. The van der Waals surface area contributed by atoms with E-state index in [2.05, 4.69) is 37.3 Å². The monoisotopic (exact) mass is 265 g/mol. The van der Waals surface area contributed by atoms with Gasteiger partial charge in [-0.05, 0) is 55.4 Å². The Kier molecular flexibility index (Phi) is 2.38. The van der Waals surface area contributed by atoms with Crippen molar-refractivity contribution < 1.29 is 4.74 Å². The summed E-state index contributed by atoms with van der Waals surface area (Å²) in [7, 11) is 0. The van der Waals surface area contributed by atoms with Crippen LogP contribution in [-0.2, 0) is 0 Å². The predicted octanol–water partition coefficient (Wildman–Crippen LogP) is 3.99. The van der Waals surface area contributed by atoms with E-state index >= 15 is 0 Å². The molecule has 20 heavy (non-hydrogen) atoms. The van der Waals surface area contributed by atoms with Crippen LogP contribution in [0.5, 0.6) is 5.75 Å². The number of ether oxygens (including phenoxy) is 1. The number of rotatable bonds is 2. The molecule has 3 aliphatic carbocycles. The van der Waals surface area contributed by atoms with Crippen LogP contribution >= 0.6 is 0 Å². The minimum atomic E-state index is 0.0790. The molecule has 1 spiro atoms. The average Bonchev–Trinajstić information content (AvgIpc) is 2.96. The van der Waals surface area contributed by atoms with Gasteiger partial charge in [0.1, 0.15) is 11.5 Å². The first-order valence-electron chi connectivity index (χ1n) is 7.30. The lowest BCUT2D eigenvalue weighted by molar-refractivity contribution is 0.258. The van der Waals surface area contributed by atoms with Crippen LogP contribution in [0.25, 0.3) is 0 Å². The van der Waals surface area contributed by atoms with E-state index in [0.717, 1.165) is 11.5 Å². The number of benzene rings is 1. The Morgan fingerprint density at radius 3 is 3.10 bits per heavy atom. The average molecular weight is 265 g/mol. The maximum absolute atomic E-state index is 6.23. The van der Waals surface area contributed by atoms with Gasteiger partial charge in [-0.1, -0.05) is 30.4 Å². The fraction of sp³-hybridized carbons (Fsp3) is 0.333. The maximum atomic E-state index is 6.23. The maximum Gasteiger partial charge on any atom is 0.150 e. The largest absolute Gasteiger partial charge is 0.459 e. The van der Waals surface area contributed by atoms with E-state index in [0.29, 0.717) is 17.5 Å². The minimum absolute atomic E-state index is 0.0790. The zero-order valence-electron chi connectivity index (χ0n) is 11.7. The van der Waals surface area contributed by atoms with Gasteiger partial charge in [0, 0.05) is 0 Å². The number of anilines is 1. The van der Waals surface area contributed by atoms with E-state index in [9.17, 15) is 0 Å². The molecule has 2 heteroatoms. The molecular weight excluding hydrogens is 246 g/mol. The summed E-state index contributed by atoms with van der Waals surface area (Å²) in [6.45, 7) is 2.06. The van der Waals surface area contributed by atoms with Crippen molar-refractivity contribution in [2.24, 2.45) is 17.3 Å². The van der Waals surface area contributed by atoms with Gasteiger partial charge < -0.3 is 10.5 Å². The van der Waals surface area contributed by atoms with Crippen LogP contribution in [0.2, 0.25) is 0 Å². The third kappa shape index (κ3) is 1.57. The molecule has 0 radical (unpaired) electrons. The highest BCUT2D eigenvalue weighted by Gasteiger charge is 2.53. The third-order valence-electron chi connectivity index (χ3n) is 4.90. The Balaban J connectivity index is 1.70.